The Labute approximate surface area is 208 Å². The van der Waals surface area contributed by atoms with Gasteiger partial charge in [0.15, 0.2) is 11.5 Å². The van der Waals surface area contributed by atoms with Crippen LogP contribution in [0.4, 0.5) is 26.7 Å². The lowest BCUT2D eigenvalue weighted by Crippen LogP contribution is -3.00. The number of rotatable bonds is 7. The van der Waals surface area contributed by atoms with Gasteiger partial charge in [0.1, 0.15) is 5.69 Å². The third kappa shape index (κ3) is 3.29. The molecule has 0 aromatic heterocycles. The van der Waals surface area contributed by atoms with Crippen molar-refractivity contribution in [2.24, 2.45) is 5.92 Å². The van der Waals surface area contributed by atoms with E-state index in [4.69, 9.17) is 0 Å². The number of quaternary nitrogens is 1. The first-order valence-electron chi connectivity index (χ1n) is 11.0. The molecule has 0 spiro atoms. The van der Waals surface area contributed by atoms with E-state index < -0.39 is 40.5 Å². The molecule has 3 heterocycles. The molecule has 3 aliphatic rings. The molecule has 11 nitrogen and oxygen atoms in total. The molecule has 3 aliphatic heterocycles. The molecule has 12 heteroatoms. The number of carboxylic acids is 1. The second-order valence-electron chi connectivity index (χ2n) is 8.78. The topological polar surface area (TPSA) is 139 Å². The van der Waals surface area contributed by atoms with E-state index in [9.17, 15) is 34.5 Å². The third-order valence-electron chi connectivity index (χ3n) is 6.66. The summed E-state index contributed by atoms with van der Waals surface area (Å²) in [6.07, 6.45) is 2.60. The Morgan fingerprint density at radius 2 is 1.80 bits per heavy atom. The van der Waals surface area contributed by atoms with E-state index in [-0.39, 0.29) is 49.0 Å². The zero-order valence-corrected chi connectivity index (χ0v) is 20.2. The number of benzene rings is 1. The van der Waals surface area contributed by atoms with E-state index >= 15 is 0 Å². The molecule has 2 amide bonds. The molecule has 0 radical (unpaired) electrons. The van der Waals surface area contributed by atoms with Crippen molar-refractivity contribution in [3.8, 4) is 0 Å². The van der Waals surface area contributed by atoms with E-state index in [0.717, 1.165) is 4.90 Å². The van der Waals surface area contributed by atoms with Crippen LogP contribution in [0.1, 0.15) is 33.6 Å². The van der Waals surface area contributed by atoms with E-state index in [1.54, 1.807) is 63.4 Å². The number of carboxylic acid groups (broad SMARTS) is 3. The number of allylic oxidation sites excluding steroid dienone is 2. The Balaban J connectivity index is 0.00000342. The molecule has 2 bridgehead atoms. The van der Waals surface area contributed by atoms with E-state index in [1.165, 1.54) is 9.91 Å². The number of hydrogen-bond acceptors (Lipinski definition) is 6. The van der Waals surface area contributed by atoms with Crippen molar-refractivity contribution in [1.82, 2.24) is 9.49 Å². The highest BCUT2D eigenvalue weighted by Gasteiger charge is 2.72. The van der Waals surface area contributed by atoms with Gasteiger partial charge in [-0.2, -0.15) is 9.80 Å². The number of carbonyl (C=O) groups is 4. The largest absolute Gasteiger partial charge is 1.00 e. The standard InChI is InChI=1S/C23H26N4O7.ClH/c1-4-18-25(21(31)32)16-8-7-15-13-17(16)27(18,22(33)34)26(15)23(20(30)14(2)3)10-5-6-11-24(23)12-9-19(28)29;/h5-8,10-11,13-14,18H,4,9,12H2,1-3H3,(H2-,28,29,31,32,33,34);1H. The summed E-state index contributed by atoms with van der Waals surface area (Å²) in [5, 5.41) is 31.5. The number of Topliss-reactive ketones (excluding diaryl/α,β-unsaturated/α-hetero) is 1. The fraction of sp³-hybridized carbons (Fsp3) is 0.391. The minimum atomic E-state index is -1.70. The normalized spacial score (nSPS) is 25.7. The predicted octanol–water partition coefficient (Wildman–Crippen LogP) is 0.427. The van der Waals surface area contributed by atoms with Crippen LogP contribution in [0.2, 0.25) is 0 Å². The van der Waals surface area contributed by atoms with Crippen molar-refractivity contribution in [1.29, 1.82) is 0 Å². The summed E-state index contributed by atoms with van der Waals surface area (Å²) < 4.78 is -0.930. The van der Waals surface area contributed by atoms with Gasteiger partial charge in [-0.1, -0.05) is 31.4 Å². The molecular formula is C23H27ClN4O7. The number of amides is 2. The summed E-state index contributed by atoms with van der Waals surface area (Å²) in [4.78, 5) is 53.4. The van der Waals surface area contributed by atoms with Crippen molar-refractivity contribution < 1.29 is 46.9 Å². The van der Waals surface area contributed by atoms with Crippen molar-refractivity contribution in [3.63, 3.8) is 0 Å². The number of halogens is 1. The smallest absolute Gasteiger partial charge is 0.546 e. The number of fused-ring (bicyclic) bond motifs is 1. The van der Waals surface area contributed by atoms with Gasteiger partial charge in [-0.3, -0.25) is 9.59 Å². The van der Waals surface area contributed by atoms with Crippen LogP contribution in [-0.4, -0.2) is 62.5 Å². The van der Waals surface area contributed by atoms with Gasteiger partial charge in [0.05, 0.1) is 12.1 Å². The van der Waals surface area contributed by atoms with Gasteiger partial charge in [0.2, 0.25) is 11.8 Å². The van der Waals surface area contributed by atoms with E-state index in [2.05, 4.69) is 0 Å². The van der Waals surface area contributed by atoms with Gasteiger partial charge in [0.25, 0.3) is 0 Å². The maximum Gasteiger partial charge on any atom is 0.546 e. The molecule has 0 fully saturated rings. The average Bonchev–Trinajstić information content (AvgIpc) is 3.22. The number of hydrogen-bond donors (Lipinski definition) is 3. The zero-order valence-electron chi connectivity index (χ0n) is 19.5. The highest BCUT2D eigenvalue weighted by atomic mass is 35.5. The summed E-state index contributed by atoms with van der Waals surface area (Å²) in [6, 6.07) is 4.76. The first kappa shape index (κ1) is 26.0. The van der Waals surface area contributed by atoms with Crippen LogP contribution in [0.5, 0.6) is 0 Å². The second kappa shape index (κ2) is 8.90. The Hall–Kier alpha value is -3.57. The van der Waals surface area contributed by atoms with Gasteiger partial charge < -0.3 is 32.6 Å². The van der Waals surface area contributed by atoms with Crippen LogP contribution in [0.3, 0.4) is 0 Å². The molecule has 3 unspecified atom stereocenters. The monoisotopic (exact) mass is 506 g/mol. The molecule has 1 aromatic carbocycles. The maximum atomic E-state index is 14.0. The lowest BCUT2D eigenvalue weighted by atomic mass is 9.90. The number of ketones is 1. The minimum Gasteiger partial charge on any atom is -1.00 e. The molecule has 4 rings (SSSR count). The van der Waals surface area contributed by atoms with Crippen LogP contribution in [0.25, 0.3) is 0 Å². The van der Waals surface area contributed by atoms with Gasteiger partial charge in [-0.05, 0) is 24.3 Å². The van der Waals surface area contributed by atoms with Crippen molar-refractivity contribution >= 4 is 41.0 Å². The SMILES string of the molecule is CCC1N(C(=O)O)c2ccc3cc2[N+]1(C(=O)O)N3C1(C(=O)C(C)C)C=CC=CN1CCC(=O)O.[Cl-]. The summed E-state index contributed by atoms with van der Waals surface area (Å²) in [5.41, 5.74) is -0.783. The summed E-state index contributed by atoms with van der Waals surface area (Å²) in [6.45, 7) is 5.02. The molecule has 0 saturated heterocycles. The van der Waals surface area contributed by atoms with E-state index in [1.807, 2.05) is 0 Å². The number of anilines is 2. The molecular weight excluding hydrogens is 480 g/mol. The van der Waals surface area contributed by atoms with Gasteiger partial charge >= 0.3 is 18.2 Å². The quantitative estimate of drug-likeness (QED) is 0.449. The Morgan fingerprint density at radius 3 is 2.34 bits per heavy atom. The zero-order chi connectivity index (χ0) is 25.0. The molecule has 0 aliphatic carbocycles. The first-order chi connectivity index (χ1) is 16.0. The lowest BCUT2D eigenvalue weighted by Gasteiger charge is -2.53. The molecule has 1 aromatic rings. The van der Waals surface area contributed by atoms with Crippen LogP contribution < -0.4 is 26.9 Å². The van der Waals surface area contributed by atoms with Crippen molar-refractivity contribution in [3.05, 3.63) is 42.6 Å². The maximum absolute atomic E-state index is 14.0. The molecule has 35 heavy (non-hydrogen) atoms. The van der Waals surface area contributed by atoms with Gasteiger partial charge in [-0.25, -0.2) is 9.69 Å². The van der Waals surface area contributed by atoms with Crippen molar-refractivity contribution in [2.45, 2.75) is 45.4 Å². The van der Waals surface area contributed by atoms with Crippen LogP contribution >= 0.6 is 0 Å². The van der Waals surface area contributed by atoms with Crippen molar-refractivity contribution in [2.75, 3.05) is 16.5 Å². The average molecular weight is 507 g/mol. The lowest BCUT2D eigenvalue weighted by molar-refractivity contribution is -0.139. The number of aliphatic carboxylic acids is 1. The first-order valence-corrected chi connectivity index (χ1v) is 11.0. The Morgan fingerprint density at radius 1 is 1.11 bits per heavy atom. The van der Waals surface area contributed by atoms with Crippen LogP contribution in [0, 0.1) is 5.92 Å². The van der Waals surface area contributed by atoms with Crippen LogP contribution in [-0.2, 0) is 9.59 Å². The predicted molar refractivity (Wildman–Crippen MR) is 123 cm³/mol. The fourth-order valence-corrected chi connectivity index (χ4v) is 5.42. The fourth-order valence-electron chi connectivity index (χ4n) is 5.42. The number of nitrogens with zero attached hydrogens (tertiary/aromatic N) is 4. The summed E-state index contributed by atoms with van der Waals surface area (Å²) >= 11 is 0. The Bertz CT molecular complexity index is 1150. The molecule has 0 saturated carbocycles. The molecule has 3 atom stereocenters. The highest BCUT2D eigenvalue weighted by molar-refractivity contribution is 6.08. The number of carbonyl (C=O) groups excluding carboxylic acids is 1. The molecule has 3 N–H and O–H groups in total. The van der Waals surface area contributed by atoms with Gasteiger partial charge in [0, 0.05) is 31.1 Å². The van der Waals surface area contributed by atoms with Gasteiger partial charge in [-0.15, -0.1) is 0 Å². The van der Waals surface area contributed by atoms with Crippen LogP contribution in [0.15, 0.2) is 42.6 Å². The Kier molecular flexibility index (Phi) is 6.62. The summed E-state index contributed by atoms with van der Waals surface area (Å²) in [7, 11) is 0. The second-order valence-corrected chi connectivity index (χ2v) is 8.78. The summed E-state index contributed by atoms with van der Waals surface area (Å²) in [5.74, 6) is -1.95. The third-order valence-corrected chi connectivity index (χ3v) is 6.66. The highest BCUT2D eigenvalue weighted by Crippen LogP contribution is 2.58. The molecule has 188 valence electrons. The van der Waals surface area contributed by atoms with E-state index in [0.29, 0.717) is 5.69 Å². The minimum absolute atomic E-state index is 0.